The molecule has 1 atom stereocenters. The largest absolute Gasteiger partial charge is 0.507 e. The Hall–Kier alpha value is -4.00. The Labute approximate surface area is 191 Å². The smallest absolute Gasteiger partial charge is 0.300 e. The van der Waals surface area contributed by atoms with Gasteiger partial charge in [0.05, 0.1) is 31.2 Å². The van der Waals surface area contributed by atoms with Gasteiger partial charge in [-0.25, -0.2) is 0 Å². The normalized spacial score (nSPS) is 17.6. The quantitative estimate of drug-likeness (QED) is 0.313. The standard InChI is InChI=1S/C26H25NO6/c1-16(2)15-33-18-12-10-17(11-13-18)24(28)22-23(21-9-6-14-32-21)27(26(30)25(22)29)19-7-4-5-8-20(19)31-3/h4-14,16,23,28H,15H2,1-3H3/b24-22-. The van der Waals surface area contributed by atoms with Gasteiger partial charge in [-0.3, -0.25) is 14.5 Å². The number of rotatable bonds is 7. The van der Waals surface area contributed by atoms with Crippen LogP contribution in [0.2, 0.25) is 0 Å². The molecule has 1 amide bonds. The molecule has 4 rings (SSSR count). The zero-order valence-electron chi connectivity index (χ0n) is 18.6. The van der Waals surface area contributed by atoms with E-state index in [9.17, 15) is 14.7 Å². The lowest BCUT2D eigenvalue weighted by molar-refractivity contribution is -0.132. The van der Waals surface area contributed by atoms with Crippen LogP contribution in [-0.4, -0.2) is 30.5 Å². The Morgan fingerprint density at radius 1 is 1.06 bits per heavy atom. The van der Waals surface area contributed by atoms with Gasteiger partial charge in [-0.05, 0) is 54.4 Å². The molecule has 33 heavy (non-hydrogen) atoms. The van der Waals surface area contributed by atoms with Crippen LogP contribution in [0.25, 0.3) is 5.76 Å². The lowest BCUT2D eigenvalue weighted by atomic mass is 9.99. The van der Waals surface area contributed by atoms with Crippen molar-refractivity contribution in [2.45, 2.75) is 19.9 Å². The minimum atomic E-state index is -0.951. The van der Waals surface area contributed by atoms with Crippen molar-refractivity contribution in [3.8, 4) is 11.5 Å². The third kappa shape index (κ3) is 4.22. The van der Waals surface area contributed by atoms with Crippen LogP contribution in [0.15, 0.2) is 76.9 Å². The molecular weight excluding hydrogens is 422 g/mol. The number of amides is 1. The maximum atomic E-state index is 13.1. The highest BCUT2D eigenvalue weighted by molar-refractivity contribution is 6.51. The van der Waals surface area contributed by atoms with E-state index in [0.717, 1.165) is 0 Å². The van der Waals surface area contributed by atoms with Crippen LogP contribution >= 0.6 is 0 Å². The van der Waals surface area contributed by atoms with E-state index in [1.165, 1.54) is 18.3 Å². The monoisotopic (exact) mass is 447 g/mol. The number of anilines is 1. The Kier molecular flexibility index (Phi) is 6.22. The van der Waals surface area contributed by atoms with Crippen LogP contribution in [0, 0.1) is 5.92 Å². The van der Waals surface area contributed by atoms with Gasteiger partial charge in [0.1, 0.15) is 29.1 Å². The molecule has 7 nitrogen and oxygen atoms in total. The predicted octanol–water partition coefficient (Wildman–Crippen LogP) is 4.95. The van der Waals surface area contributed by atoms with E-state index < -0.39 is 17.7 Å². The number of carbonyl (C=O) groups is 2. The summed E-state index contributed by atoms with van der Waals surface area (Å²) in [7, 11) is 1.49. The SMILES string of the molecule is COc1ccccc1N1C(=O)C(=O)/C(=C(\O)c2ccc(OCC(C)C)cc2)C1c1ccco1. The molecule has 2 heterocycles. The zero-order valence-corrected chi connectivity index (χ0v) is 18.6. The number of para-hydroxylation sites is 2. The second-order valence-electron chi connectivity index (χ2n) is 8.09. The number of hydrogen-bond donors (Lipinski definition) is 1. The number of aliphatic hydroxyl groups excluding tert-OH is 1. The summed E-state index contributed by atoms with van der Waals surface area (Å²) in [6, 6.07) is 16.0. The molecule has 1 aliphatic heterocycles. The van der Waals surface area contributed by atoms with Gasteiger partial charge in [0, 0.05) is 5.56 Å². The van der Waals surface area contributed by atoms with Crippen LogP contribution in [0.4, 0.5) is 5.69 Å². The Bertz CT molecular complexity index is 1180. The topological polar surface area (TPSA) is 89.2 Å². The molecule has 1 aromatic heterocycles. The second kappa shape index (κ2) is 9.24. The molecule has 1 unspecified atom stereocenters. The van der Waals surface area contributed by atoms with E-state index in [0.29, 0.717) is 41.0 Å². The summed E-state index contributed by atoms with van der Waals surface area (Å²) >= 11 is 0. The number of methoxy groups -OCH3 is 1. The average molecular weight is 447 g/mol. The van der Waals surface area contributed by atoms with E-state index in [1.807, 2.05) is 0 Å². The highest BCUT2D eigenvalue weighted by Gasteiger charge is 2.49. The molecule has 0 radical (unpaired) electrons. The predicted molar refractivity (Wildman–Crippen MR) is 123 cm³/mol. The lowest BCUT2D eigenvalue weighted by Crippen LogP contribution is -2.29. The minimum Gasteiger partial charge on any atom is -0.507 e. The molecule has 0 bridgehead atoms. The number of ketones is 1. The van der Waals surface area contributed by atoms with E-state index in [-0.39, 0.29) is 11.3 Å². The van der Waals surface area contributed by atoms with Crippen molar-refractivity contribution in [3.05, 3.63) is 83.8 Å². The summed E-state index contributed by atoms with van der Waals surface area (Å²) < 4.78 is 16.7. The van der Waals surface area contributed by atoms with Gasteiger partial charge < -0.3 is 19.0 Å². The molecule has 2 aromatic carbocycles. The summed E-state index contributed by atoms with van der Waals surface area (Å²) in [5, 5.41) is 11.1. The van der Waals surface area contributed by atoms with Gasteiger partial charge >= 0.3 is 0 Å². The van der Waals surface area contributed by atoms with Crippen molar-refractivity contribution in [2.24, 2.45) is 5.92 Å². The van der Waals surface area contributed by atoms with Gasteiger partial charge in [-0.1, -0.05) is 26.0 Å². The van der Waals surface area contributed by atoms with Crippen molar-refractivity contribution < 1.29 is 28.6 Å². The van der Waals surface area contributed by atoms with Crippen molar-refractivity contribution in [3.63, 3.8) is 0 Å². The number of benzene rings is 2. The molecular formula is C26H25NO6. The summed E-state index contributed by atoms with van der Waals surface area (Å²) in [5.74, 6) is -0.0855. The summed E-state index contributed by atoms with van der Waals surface area (Å²) in [4.78, 5) is 27.6. The lowest BCUT2D eigenvalue weighted by Gasteiger charge is -2.24. The number of aliphatic hydroxyl groups is 1. The molecule has 0 saturated carbocycles. The second-order valence-corrected chi connectivity index (χ2v) is 8.09. The first-order valence-electron chi connectivity index (χ1n) is 10.6. The van der Waals surface area contributed by atoms with Gasteiger partial charge in [-0.2, -0.15) is 0 Å². The van der Waals surface area contributed by atoms with Crippen LogP contribution < -0.4 is 14.4 Å². The van der Waals surface area contributed by atoms with E-state index in [1.54, 1.807) is 60.7 Å². The molecule has 1 saturated heterocycles. The first-order valence-corrected chi connectivity index (χ1v) is 10.6. The first kappa shape index (κ1) is 22.2. The van der Waals surface area contributed by atoms with Gasteiger partial charge in [-0.15, -0.1) is 0 Å². The number of ether oxygens (including phenoxy) is 2. The van der Waals surface area contributed by atoms with Gasteiger partial charge in [0.15, 0.2) is 0 Å². The third-order valence-corrected chi connectivity index (χ3v) is 5.31. The van der Waals surface area contributed by atoms with E-state index in [4.69, 9.17) is 13.9 Å². The zero-order chi connectivity index (χ0) is 23.5. The molecule has 1 aliphatic rings. The van der Waals surface area contributed by atoms with E-state index in [2.05, 4.69) is 13.8 Å². The minimum absolute atomic E-state index is 0.0586. The number of hydrogen-bond acceptors (Lipinski definition) is 6. The number of nitrogens with zero attached hydrogens (tertiary/aromatic N) is 1. The molecule has 1 N–H and O–H groups in total. The maximum absolute atomic E-state index is 13.1. The molecule has 0 aliphatic carbocycles. The van der Waals surface area contributed by atoms with Crippen molar-refractivity contribution in [2.75, 3.05) is 18.6 Å². The van der Waals surface area contributed by atoms with Gasteiger partial charge in [0.25, 0.3) is 11.7 Å². The number of furan rings is 1. The Morgan fingerprint density at radius 2 is 1.79 bits per heavy atom. The molecule has 3 aromatic rings. The highest BCUT2D eigenvalue weighted by atomic mass is 16.5. The fourth-order valence-electron chi connectivity index (χ4n) is 3.75. The van der Waals surface area contributed by atoms with Gasteiger partial charge in [0.2, 0.25) is 0 Å². The highest BCUT2D eigenvalue weighted by Crippen LogP contribution is 2.45. The Morgan fingerprint density at radius 3 is 2.42 bits per heavy atom. The van der Waals surface area contributed by atoms with Crippen LogP contribution in [0.1, 0.15) is 31.2 Å². The summed E-state index contributed by atoms with van der Waals surface area (Å²) in [6.07, 6.45) is 1.46. The van der Waals surface area contributed by atoms with Crippen LogP contribution in [-0.2, 0) is 9.59 Å². The Balaban J connectivity index is 1.80. The summed E-state index contributed by atoms with van der Waals surface area (Å²) in [5.41, 5.74) is 0.734. The molecule has 7 heteroatoms. The molecule has 1 fully saturated rings. The molecule has 170 valence electrons. The first-order chi connectivity index (χ1) is 15.9. The summed E-state index contributed by atoms with van der Waals surface area (Å²) in [6.45, 7) is 4.67. The van der Waals surface area contributed by atoms with Crippen molar-refractivity contribution in [1.29, 1.82) is 0 Å². The fraction of sp³-hybridized carbons (Fsp3) is 0.231. The molecule has 0 spiro atoms. The van der Waals surface area contributed by atoms with Crippen LogP contribution in [0.5, 0.6) is 11.5 Å². The van der Waals surface area contributed by atoms with Crippen molar-refractivity contribution in [1.82, 2.24) is 0 Å². The fourth-order valence-corrected chi connectivity index (χ4v) is 3.75. The van der Waals surface area contributed by atoms with Crippen molar-refractivity contribution >= 4 is 23.1 Å². The number of Topliss-reactive ketones (excluding diaryl/α,β-unsaturated/α-hetero) is 1. The maximum Gasteiger partial charge on any atom is 0.300 e. The van der Waals surface area contributed by atoms with E-state index >= 15 is 0 Å². The van der Waals surface area contributed by atoms with Crippen LogP contribution in [0.3, 0.4) is 0 Å². The average Bonchev–Trinajstić information content (AvgIpc) is 3.44. The number of carbonyl (C=O) groups excluding carboxylic acids is 2. The third-order valence-electron chi connectivity index (χ3n) is 5.31.